The molecular formula is C27H21N. The molecule has 0 aliphatic rings. The summed E-state index contributed by atoms with van der Waals surface area (Å²) in [5.41, 5.74) is 6.01. The van der Waals surface area contributed by atoms with E-state index in [1.165, 1.54) is 38.2 Å². The smallest absolute Gasteiger partial charge is 0.0543 e. The summed E-state index contributed by atoms with van der Waals surface area (Å²) in [4.78, 5) is 0. The fraction of sp³-hybridized carbons (Fsp3) is 0.0370. The fourth-order valence-corrected chi connectivity index (χ4v) is 3.78. The molecule has 0 fully saturated rings. The molecule has 0 saturated heterocycles. The highest BCUT2D eigenvalue weighted by Gasteiger charge is 2.08. The predicted octanol–water partition coefficient (Wildman–Crippen LogP) is 7.71. The van der Waals surface area contributed by atoms with Crippen LogP contribution in [0.4, 0.5) is 11.4 Å². The summed E-state index contributed by atoms with van der Waals surface area (Å²) < 4.78 is 0. The Kier molecular flexibility index (Phi) is 4.06. The first-order chi connectivity index (χ1) is 13.8. The summed E-state index contributed by atoms with van der Waals surface area (Å²) in [6.45, 7) is 2.12. The van der Waals surface area contributed by atoms with E-state index in [2.05, 4.69) is 115 Å². The highest BCUT2D eigenvalue weighted by atomic mass is 14.9. The number of rotatable bonds is 3. The van der Waals surface area contributed by atoms with Gasteiger partial charge < -0.3 is 5.32 Å². The SMILES string of the molecule is Cc1ccc(-c2ccc(Nc3c4ccccc4cc4ccccc34)cc2)cc1. The Hall–Kier alpha value is -3.58. The minimum absolute atomic E-state index is 1.09. The van der Waals surface area contributed by atoms with Gasteiger partial charge in [0.1, 0.15) is 0 Å². The molecule has 1 heteroatoms. The molecule has 5 aromatic rings. The molecule has 0 spiro atoms. The van der Waals surface area contributed by atoms with E-state index in [1.54, 1.807) is 0 Å². The molecule has 5 aromatic carbocycles. The molecule has 1 nitrogen and oxygen atoms in total. The van der Waals surface area contributed by atoms with Crippen molar-refractivity contribution in [3.63, 3.8) is 0 Å². The van der Waals surface area contributed by atoms with E-state index in [-0.39, 0.29) is 0 Å². The number of hydrogen-bond acceptors (Lipinski definition) is 1. The summed E-state index contributed by atoms with van der Waals surface area (Å²) in [5, 5.41) is 8.66. The molecule has 0 aliphatic heterocycles. The van der Waals surface area contributed by atoms with Crippen molar-refractivity contribution in [2.75, 3.05) is 5.32 Å². The fourth-order valence-electron chi connectivity index (χ4n) is 3.78. The van der Waals surface area contributed by atoms with E-state index in [0.29, 0.717) is 0 Å². The van der Waals surface area contributed by atoms with Crippen LogP contribution in [0.2, 0.25) is 0 Å². The molecule has 0 atom stereocenters. The van der Waals surface area contributed by atoms with Crippen LogP contribution in [0, 0.1) is 6.92 Å². The van der Waals surface area contributed by atoms with Crippen LogP contribution >= 0.6 is 0 Å². The van der Waals surface area contributed by atoms with Crippen molar-refractivity contribution in [3.8, 4) is 11.1 Å². The van der Waals surface area contributed by atoms with Gasteiger partial charge in [0, 0.05) is 16.5 Å². The van der Waals surface area contributed by atoms with E-state index in [4.69, 9.17) is 0 Å². The Bertz CT molecular complexity index is 1210. The third-order valence-electron chi connectivity index (χ3n) is 5.31. The van der Waals surface area contributed by atoms with E-state index in [9.17, 15) is 0 Å². The molecule has 134 valence electrons. The average Bonchev–Trinajstić information content (AvgIpc) is 2.75. The Morgan fingerprint density at radius 2 is 1.04 bits per heavy atom. The van der Waals surface area contributed by atoms with Gasteiger partial charge in [0.25, 0.3) is 0 Å². The van der Waals surface area contributed by atoms with Gasteiger partial charge >= 0.3 is 0 Å². The second kappa shape index (κ2) is 6.86. The first kappa shape index (κ1) is 16.6. The molecule has 28 heavy (non-hydrogen) atoms. The average molecular weight is 359 g/mol. The second-order valence-electron chi connectivity index (χ2n) is 7.26. The van der Waals surface area contributed by atoms with Crippen LogP contribution in [-0.4, -0.2) is 0 Å². The summed E-state index contributed by atoms with van der Waals surface area (Å²) in [5.74, 6) is 0. The maximum Gasteiger partial charge on any atom is 0.0543 e. The van der Waals surface area contributed by atoms with Gasteiger partial charge in [0.05, 0.1) is 5.69 Å². The summed E-state index contributed by atoms with van der Waals surface area (Å²) in [7, 11) is 0. The molecular weight excluding hydrogens is 338 g/mol. The van der Waals surface area contributed by atoms with Gasteiger partial charge in [-0.2, -0.15) is 0 Å². The highest BCUT2D eigenvalue weighted by Crippen LogP contribution is 2.35. The molecule has 0 aliphatic carbocycles. The van der Waals surface area contributed by atoms with Crippen LogP contribution in [0.15, 0.2) is 103 Å². The molecule has 0 amide bonds. The van der Waals surface area contributed by atoms with Crippen LogP contribution in [0.1, 0.15) is 5.56 Å². The van der Waals surface area contributed by atoms with Gasteiger partial charge in [-0.15, -0.1) is 0 Å². The normalized spacial score (nSPS) is 11.0. The van der Waals surface area contributed by atoms with Crippen LogP contribution in [-0.2, 0) is 0 Å². The molecule has 0 saturated carbocycles. The molecule has 0 unspecified atom stereocenters. The van der Waals surface area contributed by atoms with Gasteiger partial charge in [-0.05, 0) is 47.0 Å². The quantitative estimate of drug-likeness (QED) is 0.325. The van der Waals surface area contributed by atoms with Crippen LogP contribution < -0.4 is 5.32 Å². The monoisotopic (exact) mass is 359 g/mol. The lowest BCUT2D eigenvalue weighted by atomic mass is 10.0. The second-order valence-corrected chi connectivity index (χ2v) is 7.26. The number of aryl methyl sites for hydroxylation is 1. The minimum Gasteiger partial charge on any atom is -0.355 e. The third-order valence-corrected chi connectivity index (χ3v) is 5.31. The lowest BCUT2D eigenvalue weighted by Crippen LogP contribution is -1.93. The molecule has 1 N–H and O–H groups in total. The number of nitrogens with one attached hydrogen (secondary N) is 1. The third kappa shape index (κ3) is 3.01. The zero-order valence-electron chi connectivity index (χ0n) is 15.8. The summed E-state index contributed by atoms with van der Waals surface area (Å²) in [6.07, 6.45) is 0. The molecule has 0 bridgehead atoms. The first-order valence-electron chi connectivity index (χ1n) is 9.62. The van der Waals surface area contributed by atoms with Crippen molar-refractivity contribution < 1.29 is 0 Å². The number of anilines is 2. The van der Waals surface area contributed by atoms with Crippen LogP contribution in [0.3, 0.4) is 0 Å². The van der Waals surface area contributed by atoms with Crippen molar-refractivity contribution in [1.29, 1.82) is 0 Å². The maximum atomic E-state index is 3.68. The van der Waals surface area contributed by atoms with Gasteiger partial charge in [-0.25, -0.2) is 0 Å². The predicted molar refractivity (Wildman–Crippen MR) is 121 cm³/mol. The molecule has 0 aromatic heterocycles. The van der Waals surface area contributed by atoms with Crippen molar-refractivity contribution in [1.82, 2.24) is 0 Å². The minimum atomic E-state index is 1.09. The van der Waals surface area contributed by atoms with Gasteiger partial charge in [-0.1, -0.05) is 90.5 Å². The lowest BCUT2D eigenvalue weighted by Gasteiger charge is -2.14. The van der Waals surface area contributed by atoms with Crippen LogP contribution in [0.5, 0.6) is 0 Å². The van der Waals surface area contributed by atoms with Gasteiger partial charge in [0.2, 0.25) is 0 Å². The number of hydrogen-bond donors (Lipinski definition) is 1. The zero-order valence-corrected chi connectivity index (χ0v) is 15.8. The highest BCUT2D eigenvalue weighted by molar-refractivity contribution is 6.12. The zero-order chi connectivity index (χ0) is 18.9. The topological polar surface area (TPSA) is 12.0 Å². The molecule has 0 heterocycles. The first-order valence-corrected chi connectivity index (χ1v) is 9.62. The number of benzene rings is 5. The molecule has 5 rings (SSSR count). The Labute approximate surface area is 165 Å². The largest absolute Gasteiger partial charge is 0.355 e. The molecule has 0 radical (unpaired) electrons. The van der Waals surface area contributed by atoms with Crippen molar-refractivity contribution in [2.24, 2.45) is 0 Å². The van der Waals surface area contributed by atoms with Crippen LogP contribution in [0.25, 0.3) is 32.7 Å². The van der Waals surface area contributed by atoms with E-state index >= 15 is 0 Å². The standard InChI is InChI=1S/C27H21N/c1-19-10-12-20(13-11-19)21-14-16-24(17-15-21)28-27-25-8-4-2-6-22(25)18-23-7-3-5-9-26(23)27/h2-18,28H,1H3. The Morgan fingerprint density at radius 1 is 0.536 bits per heavy atom. The van der Waals surface area contributed by atoms with Crippen molar-refractivity contribution in [2.45, 2.75) is 6.92 Å². The Morgan fingerprint density at radius 3 is 1.61 bits per heavy atom. The summed E-state index contributed by atoms with van der Waals surface area (Å²) >= 11 is 0. The lowest BCUT2D eigenvalue weighted by molar-refractivity contribution is 1.47. The number of fused-ring (bicyclic) bond motifs is 2. The van der Waals surface area contributed by atoms with Crippen molar-refractivity contribution in [3.05, 3.63) is 109 Å². The van der Waals surface area contributed by atoms with E-state index < -0.39 is 0 Å². The van der Waals surface area contributed by atoms with Gasteiger partial charge in [-0.3, -0.25) is 0 Å². The van der Waals surface area contributed by atoms with Crippen molar-refractivity contribution >= 4 is 32.9 Å². The van der Waals surface area contributed by atoms with Gasteiger partial charge in [0.15, 0.2) is 0 Å². The van der Waals surface area contributed by atoms with E-state index in [1.807, 2.05) is 0 Å². The Balaban J connectivity index is 1.56. The van der Waals surface area contributed by atoms with E-state index in [0.717, 1.165) is 11.4 Å². The summed E-state index contributed by atoms with van der Waals surface area (Å²) in [6, 6.07) is 36.7. The maximum absolute atomic E-state index is 3.68.